The predicted molar refractivity (Wildman–Crippen MR) is 77.6 cm³/mol. The molecule has 0 fully saturated rings. The van der Waals surface area contributed by atoms with Crippen molar-refractivity contribution in [3.63, 3.8) is 0 Å². The number of hydrogen-bond donors (Lipinski definition) is 1. The minimum atomic E-state index is 0.00837. The summed E-state index contributed by atoms with van der Waals surface area (Å²) < 4.78 is 5.19. The fraction of sp³-hybridized carbons (Fsp3) is 0.286. The Balaban J connectivity index is 2.13. The smallest absolute Gasteiger partial charge is 0.226 e. The van der Waals surface area contributed by atoms with Crippen LogP contribution in [0.15, 0.2) is 29.6 Å². The lowest BCUT2D eigenvalue weighted by atomic mass is 10.2. The third kappa shape index (κ3) is 3.54. The Labute approximate surface area is 116 Å². The molecule has 1 aromatic heterocycles. The molecule has 1 N–H and O–H groups in total. The number of amides is 1. The molecule has 0 bridgehead atoms. The topological polar surface area (TPSA) is 51.2 Å². The van der Waals surface area contributed by atoms with E-state index in [1.807, 2.05) is 36.6 Å². The first-order valence-electron chi connectivity index (χ1n) is 6.12. The zero-order valence-corrected chi connectivity index (χ0v) is 11.8. The van der Waals surface area contributed by atoms with Crippen LogP contribution in [-0.4, -0.2) is 18.0 Å². The van der Waals surface area contributed by atoms with E-state index in [0.29, 0.717) is 11.6 Å². The summed E-state index contributed by atoms with van der Waals surface area (Å²) in [6.45, 7) is 1.98. The van der Waals surface area contributed by atoms with Crippen LogP contribution in [-0.2, 0) is 4.79 Å². The van der Waals surface area contributed by atoms with Gasteiger partial charge < -0.3 is 10.1 Å². The summed E-state index contributed by atoms with van der Waals surface area (Å²) in [6.07, 6.45) is 1.36. The van der Waals surface area contributed by atoms with Crippen LogP contribution < -0.4 is 10.1 Å². The first kappa shape index (κ1) is 13.5. The molecular weight excluding hydrogens is 260 g/mol. The van der Waals surface area contributed by atoms with Gasteiger partial charge in [0.05, 0.1) is 12.8 Å². The Morgan fingerprint density at radius 3 is 3.05 bits per heavy atom. The van der Waals surface area contributed by atoms with Crippen LogP contribution in [0.3, 0.4) is 0 Å². The Bertz CT molecular complexity index is 566. The summed E-state index contributed by atoms with van der Waals surface area (Å²) >= 11 is 1.43. The van der Waals surface area contributed by atoms with Crippen LogP contribution in [0.1, 0.15) is 19.8 Å². The number of carbonyl (C=O) groups is 1. The highest BCUT2D eigenvalue weighted by molar-refractivity contribution is 7.14. The Kier molecular flexibility index (Phi) is 4.52. The maximum absolute atomic E-state index is 11.5. The van der Waals surface area contributed by atoms with E-state index >= 15 is 0 Å². The van der Waals surface area contributed by atoms with Gasteiger partial charge in [0.2, 0.25) is 5.91 Å². The molecule has 100 valence electrons. The second kappa shape index (κ2) is 6.33. The lowest BCUT2D eigenvalue weighted by Crippen LogP contribution is -2.10. The van der Waals surface area contributed by atoms with Gasteiger partial charge in [-0.05, 0) is 18.6 Å². The second-order valence-corrected chi connectivity index (χ2v) is 4.93. The van der Waals surface area contributed by atoms with Gasteiger partial charge in [-0.2, -0.15) is 0 Å². The molecule has 2 rings (SSSR count). The van der Waals surface area contributed by atoms with Crippen molar-refractivity contribution in [3.05, 3.63) is 29.6 Å². The van der Waals surface area contributed by atoms with Crippen molar-refractivity contribution >= 4 is 22.4 Å². The molecule has 19 heavy (non-hydrogen) atoms. The standard InChI is InChI=1S/C14H16N2O2S/c1-3-5-13(17)16-14-15-12(9-19-14)10-6-4-7-11(8-10)18-2/h4,6-9H,3,5H2,1-2H3,(H,15,16,17). The quantitative estimate of drug-likeness (QED) is 0.908. The van der Waals surface area contributed by atoms with Crippen LogP contribution in [0.5, 0.6) is 5.75 Å². The van der Waals surface area contributed by atoms with Gasteiger partial charge in [0.25, 0.3) is 0 Å². The number of methoxy groups -OCH3 is 1. The van der Waals surface area contributed by atoms with Crippen molar-refractivity contribution in [2.75, 3.05) is 12.4 Å². The number of thiazole rings is 1. The molecule has 1 amide bonds. The molecule has 2 aromatic rings. The number of benzene rings is 1. The molecule has 0 spiro atoms. The molecule has 0 saturated heterocycles. The van der Waals surface area contributed by atoms with Crippen molar-refractivity contribution < 1.29 is 9.53 Å². The van der Waals surface area contributed by atoms with Gasteiger partial charge in [0.15, 0.2) is 5.13 Å². The molecule has 0 unspecified atom stereocenters. The summed E-state index contributed by atoms with van der Waals surface area (Å²) in [7, 11) is 1.64. The van der Waals surface area contributed by atoms with E-state index in [1.165, 1.54) is 11.3 Å². The molecule has 0 radical (unpaired) electrons. The molecule has 1 heterocycles. The maximum Gasteiger partial charge on any atom is 0.226 e. The van der Waals surface area contributed by atoms with Crippen molar-refractivity contribution in [2.24, 2.45) is 0 Å². The summed E-state index contributed by atoms with van der Waals surface area (Å²) in [5, 5.41) is 5.36. The van der Waals surface area contributed by atoms with Gasteiger partial charge in [-0.15, -0.1) is 11.3 Å². The number of nitrogens with one attached hydrogen (secondary N) is 1. The number of anilines is 1. The number of nitrogens with zero attached hydrogens (tertiary/aromatic N) is 1. The van der Waals surface area contributed by atoms with Gasteiger partial charge in [0, 0.05) is 17.4 Å². The highest BCUT2D eigenvalue weighted by Crippen LogP contribution is 2.27. The maximum atomic E-state index is 11.5. The zero-order chi connectivity index (χ0) is 13.7. The van der Waals surface area contributed by atoms with Crippen LogP contribution in [0.25, 0.3) is 11.3 Å². The van der Waals surface area contributed by atoms with Gasteiger partial charge in [-0.25, -0.2) is 4.98 Å². The van der Waals surface area contributed by atoms with Crippen molar-refractivity contribution in [2.45, 2.75) is 19.8 Å². The van der Waals surface area contributed by atoms with E-state index in [-0.39, 0.29) is 5.91 Å². The Morgan fingerprint density at radius 2 is 2.32 bits per heavy atom. The molecule has 0 atom stereocenters. The SMILES string of the molecule is CCCC(=O)Nc1nc(-c2cccc(OC)c2)cs1. The average molecular weight is 276 g/mol. The van der Waals surface area contributed by atoms with Crippen LogP contribution in [0.4, 0.5) is 5.13 Å². The summed E-state index contributed by atoms with van der Waals surface area (Å²) in [6, 6.07) is 7.70. The lowest BCUT2D eigenvalue weighted by Gasteiger charge is -2.01. The molecule has 1 aromatic carbocycles. The predicted octanol–water partition coefficient (Wildman–Crippen LogP) is 3.56. The monoisotopic (exact) mass is 276 g/mol. The normalized spacial score (nSPS) is 10.2. The van der Waals surface area contributed by atoms with E-state index in [4.69, 9.17) is 4.74 Å². The average Bonchev–Trinajstić information content (AvgIpc) is 2.87. The third-order valence-corrected chi connectivity index (χ3v) is 3.35. The van der Waals surface area contributed by atoms with E-state index in [1.54, 1.807) is 7.11 Å². The van der Waals surface area contributed by atoms with Gasteiger partial charge >= 0.3 is 0 Å². The first-order valence-corrected chi connectivity index (χ1v) is 7.00. The van der Waals surface area contributed by atoms with Crippen LogP contribution >= 0.6 is 11.3 Å². The third-order valence-electron chi connectivity index (χ3n) is 2.59. The minimum absolute atomic E-state index is 0.00837. The molecule has 0 aliphatic heterocycles. The van der Waals surface area contributed by atoms with Crippen LogP contribution in [0, 0.1) is 0 Å². The van der Waals surface area contributed by atoms with Gasteiger partial charge in [-0.1, -0.05) is 19.1 Å². The summed E-state index contributed by atoms with van der Waals surface area (Å²) in [5.74, 6) is 0.802. The van der Waals surface area contributed by atoms with E-state index < -0.39 is 0 Å². The fourth-order valence-electron chi connectivity index (χ4n) is 1.65. The molecule has 0 aliphatic rings. The number of aromatic nitrogens is 1. The number of carbonyl (C=O) groups excluding carboxylic acids is 1. The molecule has 0 aliphatic carbocycles. The van der Waals surface area contributed by atoms with E-state index in [0.717, 1.165) is 23.4 Å². The first-order chi connectivity index (χ1) is 9.22. The fourth-order valence-corrected chi connectivity index (χ4v) is 2.39. The van der Waals surface area contributed by atoms with Gasteiger partial charge in [-0.3, -0.25) is 4.79 Å². The second-order valence-electron chi connectivity index (χ2n) is 4.07. The molecule has 5 heteroatoms. The van der Waals surface area contributed by atoms with Gasteiger partial charge in [0.1, 0.15) is 5.75 Å². The highest BCUT2D eigenvalue weighted by Gasteiger charge is 2.07. The largest absolute Gasteiger partial charge is 0.497 e. The van der Waals surface area contributed by atoms with Crippen LogP contribution in [0.2, 0.25) is 0 Å². The molecule has 0 saturated carbocycles. The summed E-state index contributed by atoms with van der Waals surface area (Å²) in [5.41, 5.74) is 1.82. The Morgan fingerprint density at radius 1 is 1.47 bits per heavy atom. The highest BCUT2D eigenvalue weighted by atomic mass is 32.1. The van der Waals surface area contributed by atoms with Crippen molar-refractivity contribution in [1.82, 2.24) is 4.98 Å². The number of ether oxygens (including phenoxy) is 1. The molecular formula is C14H16N2O2S. The van der Waals surface area contributed by atoms with E-state index in [2.05, 4.69) is 10.3 Å². The molecule has 4 nitrogen and oxygen atoms in total. The number of hydrogen-bond acceptors (Lipinski definition) is 4. The lowest BCUT2D eigenvalue weighted by molar-refractivity contribution is -0.116. The number of rotatable bonds is 5. The minimum Gasteiger partial charge on any atom is -0.497 e. The van der Waals surface area contributed by atoms with E-state index in [9.17, 15) is 4.79 Å². The Hall–Kier alpha value is -1.88. The zero-order valence-electron chi connectivity index (χ0n) is 11.0. The van der Waals surface area contributed by atoms with Crippen molar-refractivity contribution in [1.29, 1.82) is 0 Å². The summed E-state index contributed by atoms with van der Waals surface area (Å²) in [4.78, 5) is 15.9. The van der Waals surface area contributed by atoms with Crippen molar-refractivity contribution in [3.8, 4) is 17.0 Å².